The number of carbonyl (C=O) groups excluding carboxylic acids is 1. The Labute approximate surface area is 120 Å². The Bertz CT molecular complexity index is 674. The average Bonchev–Trinajstić information content (AvgIpc) is 2.46. The fourth-order valence-corrected chi connectivity index (χ4v) is 1.65. The molecule has 0 heterocycles. The summed E-state index contributed by atoms with van der Waals surface area (Å²) >= 11 is 0. The number of hydrogen-bond donors (Lipinski definition) is 1. The van der Waals surface area contributed by atoms with Gasteiger partial charge in [-0.2, -0.15) is 4.39 Å². The molecule has 2 aromatic carbocycles. The first-order chi connectivity index (χ1) is 10.0. The van der Waals surface area contributed by atoms with Crippen molar-refractivity contribution in [2.45, 2.75) is 6.92 Å². The molecule has 0 fully saturated rings. The largest absolute Gasteiger partial charge is 0.462 e. The van der Waals surface area contributed by atoms with E-state index in [1.54, 1.807) is 6.92 Å². The minimum absolute atomic E-state index is 0.0463. The fraction of sp³-hybridized carbons (Fsp3) is 0.133. The predicted molar refractivity (Wildman–Crippen MR) is 73.2 cm³/mol. The van der Waals surface area contributed by atoms with E-state index in [1.165, 1.54) is 30.3 Å². The molecule has 0 spiro atoms. The van der Waals surface area contributed by atoms with Crippen LogP contribution in [0.3, 0.4) is 0 Å². The second-order valence-corrected chi connectivity index (χ2v) is 4.13. The molecule has 0 aliphatic heterocycles. The van der Waals surface area contributed by atoms with Crippen LogP contribution in [0.1, 0.15) is 17.3 Å². The van der Waals surface area contributed by atoms with E-state index in [-0.39, 0.29) is 29.4 Å². The summed E-state index contributed by atoms with van der Waals surface area (Å²) in [4.78, 5) is 11.6. The lowest BCUT2D eigenvalue weighted by atomic mass is 10.2. The molecule has 2 N–H and O–H groups in total. The van der Waals surface area contributed by atoms with Crippen molar-refractivity contribution in [1.82, 2.24) is 0 Å². The Morgan fingerprint density at radius 2 is 1.95 bits per heavy atom. The summed E-state index contributed by atoms with van der Waals surface area (Å²) in [5, 5.41) is 0. The molecular weight excluding hydrogens is 280 g/mol. The van der Waals surface area contributed by atoms with Gasteiger partial charge in [0.15, 0.2) is 17.3 Å². The highest BCUT2D eigenvalue weighted by Gasteiger charge is 2.14. The molecule has 0 amide bonds. The second kappa shape index (κ2) is 6.21. The maximum atomic E-state index is 13.6. The number of nitrogen functional groups attached to an aromatic ring is 1. The predicted octanol–water partition coefficient (Wildman–Crippen LogP) is 3.52. The van der Waals surface area contributed by atoms with Crippen molar-refractivity contribution in [3.05, 3.63) is 53.6 Å². The lowest BCUT2D eigenvalue weighted by Gasteiger charge is -2.11. The summed E-state index contributed by atoms with van der Waals surface area (Å²) in [5.41, 5.74) is 6.10. The summed E-state index contributed by atoms with van der Waals surface area (Å²) in [6.07, 6.45) is 0. The van der Waals surface area contributed by atoms with Crippen molar-refractivity contribution in [3.8, 4) is 11.5 Å². The Kier molecular flexibility index (Phi) is 4.37. The molecule has 0 unspecified atom stereocenters. The summed E-state index contributed by atoms with van der Waals surface area (Å²) in [6.45, 7) is 1.90. The first kappa shape index (κ1) is 14.8. The molecule has 4 nitrogen and oxygen atoms in total. The number of esters is 1. The van der Waals surface area contributed by atoms with E-state index in [0.717, 1.165) is 6.07 Å². The molecule has 6 heteroatoms. The first-order valence-corrected chi connectivity index (χ1v) is 6.21. The van der Waals surface area contributed by atoms with Crippen LogP contribution in [0, 0.1) is 11.6 Å². The van der Waals surface area contributed by atoms with Crippen molar-refractivity contribution in [2.75, 3.05) is 12.3 Å². The quantitative estimate of drug-likeness (QED) is 0.692. The third-order valence-corrected chi connectivity index (χ3v) is 2.66. The van der Waals surface area contributed by atoms with Crippen LogP contribution in [0.15, 0.2) is 36.4 Å². The maximum Gasteiger partial charge on any atom is 0.338 e. The van der Waals surface area contributed by atoms with Gasteiger partial charge in [-0.3, -0.25) is 0 Å². The average molecular weight is 293 g/mol. The van der Waals surface area contributed by atoms with Crippen molar-refractivity contribution in [1.29, 1.82) is 0 Å². The molecule has 0 atom stereocenters. The van der Waals surface area contributed by atoms with Gasteiger partial charge < -0.3 is 15.2 Å². The highest BCUT2D eigenvalue weighted by Crippen LogP contribution is 2.31. The molecule has 0 bridgehead atoms. The molecule has 0 aliphatic rings. The van der Waals surface area contributed by atoms with E-state index in [9.17, 15) is 13.6 Å². The number of hydrogen-bond acceptors (Lipinski definition) is 4. The number of anilines is 1. The third kappa shape index (κ3) is 3.28. The van der Waals surface area contributed by atoms with Gasteiger partial charge in [-0.05, 0) is 37.3 Å². The smallest absolute Gasteiger partial charge is 0.338 e. The molecule has 110 valence electrons. The summed E-state index contributed by atoms with van der Waals surface area (Å²) in [7, 11) is 0. The van der Waals surface area contributed by atoms with Crippen LogP contribution in [0.5, 0.6) is 11.5 Å². The SMILES string of the molecule is CCOC(=O)c1ccc(N)c(Oc2cccc(F)c2F)c1. The van der Waals surface area contributed by atoms with Crippen LogP contribution in [0.25, 0.3) is 0 Å². The standard InChI is InChI=1S/C15H13F2NO3/c1-2-20-15(19)9-6-7-11(18)13(8-9)21-12-5-3-4-10(16)14(12)17/h3-8H,2,18H2,1H3. The minimum atomic E-state index is -1.13. The number of benzene rings is 2. The lowest BCUT2D eigenvalue weighted by molar-refractivity contribution is 0.0526. The van der Waals surface area contributed by atoms with Crippen molar-refractivity contribution < 1.29 is 23.0 Å². The molecule has 2 aromatic rings. The van der Waals surface area contributed by atoms with E-state index in [2.05, 4.69) is 0 Å². The molecule has 2 rings (SSSR count). The van der Waals surface area contributed by atoms with Gasteiger partial charge in [0.05, 0.1) is 17.9 Å². The van der Waals surface area contributed by atoms with Gasteiger partial charge in [0.1, 0.15) is 0 Å². The zero-order valence-corrected chi connectivity index (χ0v) is 11.2. The Balaban J connectivity index is 2.33. The van der Waals surface area contributed by atoms with Gasteiger partial charge in [-0.25, -0.2) is 9.18 Å². The van der Waals surface area contributed by atoms with Gasteiger partial charge in [0, 0.05) is 0 Å². The van der Waals surface area contributed by atoms with Crippen LogP contribution in [-0.4, -0.2) is 12.6 Å². The van der Waals surface area contributed by atoms with Crippen LogP contribution in [0.4, 0.5) is 14.5 Å². The van der Waals surface area contributed by atoms with Gasteiger partial charge in [-0.15, -0.1) is 0 Å². The van der Waals surface area contributed by atoms with Gasteiger partial charge >= 0.3 is 5.97 Å². The van der Waals surface area contributed by atoms with E-state index in [1.807, 2.05) is 0 Å². The molecule has 0 aromatic heterocycles. The van der Waals surface area contributed by atoms with Crippen molar-refractivity contribution >= 4 is 11.7 Å². The minimum Gasteiger partial charge on any atom is -0.462 e. The highest BCUT2D eigenvalue weighted by molar-refractivity contribution is 5.90. The summed E-state index contributed by atoms with van der Waals surface area (Å²) in [6, 6.07) is 7.74. The fourth-order valence-electron chi connectivity index (χ4n) is 1.65. The molecule has 0 aliphatic carbocycles. The van der Waals surface area contributed by atoms with Crippen molar-refractivity contribution in [3.63, 3.8) is 0 Å². The van der Waals surface area contributed by atoms with E-state index in [4.69, 9.17) is 15.2 Å². The number of halogens is 2. The topological polar surface area (TPSA) is 61.5 Å². The Hall–Kier alpha value is -2.63. The monoisotopic (exact) mass is 293 g/mol. The zero-order valence-electron chi connectivity index (χ0n) is 11.2. The lowest BCUT2D eigenvalue weighted by Crippen LogP contribution is -2.05. The van der Waals surface area contributed by atoms with Crippen LogP contribution < -0.4 is 10.5 Å². The number of rotatable bonds is 4. The zero-order chi connectivity index (χ0) is 15.4. The number of ether oxygens (including phenoxy) is 2. The molecule has 0 saturated carbocycles. The van der Waals surface area contributed by atoms with Gasteiger partial charge in [0.25, 0.3) is 0 Å². The second-order valence-electron chi connectivity index (χ2n) is 4.13. The van der Waals surface area contributed by atoms with Gasteiger partial charge in [0.2, 0.25) is 5.82 Å². The molecule has 0 saturated heterocycles. The third-order valence-electron chi connectivity index (χ3n) is 2.66. The number of carbonyl (C=O) groups is 1. The molecule has 0 radical (unpaired) electrons. The maximum absolute atomic E-state index is 13.6. The first-order valence-electron chi connectivity index (χ1n) is 6.21. The Morgan fingerprint density at radius 1 is 1.19 bits per heavy atom. The summed E-state index contributed by atoms with van der Waals surface area (Å²) < 4.78 is 36.8. The molecule has 21 heavy (non-hydrogen) atoms. The van der Waals surface area contributed by atoms with Crippen LogP contribution in [-0.2, 0) is 4.74 Å². The number of nitrogens with two attached hydrogens (primary N) is 1. The highest BCUT2D eigenvalue weighted by atomic mass is 19.2. The van der Waals surface area contributed by atoms with E-state index in [0.29, 0.717) is 0 Å². The van der Waals surface area contributed by atoms with Crippen molar-refractivity contribution in [2.24, 2.45) is 0 Å². The van der Waals surface area contributed by atoms with E-state index >= 15 is 0 Å². The van der Waals surface area contributed by atoms with Crippen LogP contribution >= 0.6 is 0 Å². The van der Waals surface area contributed by atoms with E-state index < -0.39 is 17.6 Å². The molecular formula is C15H13F2NO3. The normalized spacial score (nSPS) is 10.2. The summed E-state index contributed by atoms with van der Waals surface area (Å²) in [5.74, 6) is -2.99. The van der Waals surface area contributed by atoms with Gasteiger partial charge in [-0.1, -0.05) is 6.07 Å². The van der Waals surface area contributed by atoms with Crippen LogP contribution in [0.2, 0.25) is 0 Å². The Morgan fingerprint density at radius 3 is 2.67 bits per heavy atom.